The Balaban J connectivity index is 0.00000112. The first-order valence-corrected chi connectivity index (χ1v) is 14.7. The van der Waals surface area contributed by atoms with E-state index in [0.717, 1.165) is 66.8 Å². The molecule has 2 aliphatic heterocycles. The van der Waals surface area contributed by atoms with E-state index in [1.54, 1.807) is 3.37 Å². The monoisotopic (exact) mass is 669 g/mol. The summed E-state index contributed by atoms with van der Waals surface area (Å²) >= 11 is 6.23. The zero-order valence-corrected chi connectivity index (χ0v) is 25.3. The zero-order chi connectivity index (χ0) is 27.9. The van der Waals surface area contributed by atoms with Gasteiger partial charge in [0.1, 0.15) is 17.5 Å². The second-order valence-corrected chi connectivity index (χ2v) is 11.6. The predicted octanol–water partition coefficient (Wildman–Crippen LogP) is 5.91. The first kappa shape index (κ1) is 29.9. The number of thiocarbonyl (C=S) groups is 1. The number of hydrogen-bond acceptors (Lipinski definition) is 8. The lowest BCUT2D eigenvalue weighted by Crippen LogP contribution is -2.44. The summed E-state index contributed by atoms with van der Waals surface area (Å²) in [6, 6.07) is 7.44. The Bertz CT molecular complexity index is 1250. The van der Waals surface area contributed by atoms with Crippen molar-refractivity contribution in [1.82, 2.24) is 14.9 Å². The molecule has 7 nitrogen and oxygen atoms in total. The lowest BCUT2D eigenvalue weighted by molar-refractivity contribution is -0.0704. The number of morpholine rings is 2. The van der Waals surface area contributed by atoms with E-state index in [-0.39, 0.29) is 18.2 Å². The molecule has 3 unspecified atom stereocenters. The number of fused-ring (bicyclic) bond motifs is 1. The van der Waals surface area contributed by atoms with Crippen LogP contribution < -0.4 is 10.2 Å². The van der Waals surface area contributed by atoms with Gasteiger partial charge in [-0.15, -0.1) is 0 Å². The third-order valence-corrected chi connectivity index (χ3v) is 6.67. The van der Waals surface area contributed by atoms with Gasteiger partial charge in [0.25, 0.3) is 0 Å². The quantitative estimate of drug-likeness (QED) is 0.198. The second-order valence-electron chi connectivity index (χ2n) is 9.95. The van der Waals surface area contributed by atoms with E-state index >= 15 is 0 Å². The minimum atomic E-state index is -0.617. The maximum absolute atomic E-state index is 13.8. The molecule has 0 spiro atoms. The Labute approximate surface area is 247 Å². The molecule has 2 aromatic carbocycles. The van der Waals surface area contributed by atoms with Crippen molar-refractivity contribution in [2.45, 2.75) is 45.6 Å². The summed E-state index contributed by atoms with van der Waals surface area (Å²) in [6.45, 7) is 11.5. The fraction of sp³-hybridized carbons (Fsp3) is 0.464. The van der Waals surface area contributed by atoms with E-state index in [1.165, 1.54) is 12.1 Å². The summed E-state index contributed by atoms with van der Waals surface area (Å²) in [4.78, 5) is 14.3. The Hall–Kier alpha value is -2.06. The SMILES string of the molecule is CC1CN(Cc2cc(C(C)Nc3cc(F)cc(F)c3)c3nc(N4CCOCC4)cnc3c2)CC(C)O1.S=CI. The molecular weight excluding hydrogens is 635 g/mol. The van der Waals surface area contributed by atoms with Gasteiger partial charge in [-0.3, -0.25) is 9.88 Å². The highest BCUT2D eigenvalue weighted by molar-refractivity contribution is 14.1. The molecule has 210 valence electrons. The van der Waals surface area contributed by atoms with Gasteiger partial charge in [0.05, 0.1) is 48.7 Å². The van der Waals surface area contributed by atoms with Gasteiger partial charge in [0.15, 0.2) is 0 Å². The smallest absolute Gasteiger partial charge is 0.148 e. The van der Waals surface area contributed by atoms with Crippen LogP contribution in [0.25, 0.3) is 11.0 Å². The molecule has 0 radical (unpaired) electrons. The summed E-state index contributed by atoms with van der Waals surface area (Å²) < 4.78 is 40.6. The van der Waals surface area contributed by atoms with Gasteiger partial charge in [-0.1, -0.05) is 18.3 Å². The Morgan fingerprint density at radius 2 is 1.74 bits per heavy atom. The van der Waals surface area contributed by atoms with Crippen molar-refractivity contribution >= 4 is 60.7 Å². The van der Waals surface area contributed by atoms with E-state index in [0.29, 0.717) is 18.9 Å². The molecule has 0 saturated carbocycles. The highest BCUT2D eigenvalue weighted by Crippen LogP contribution is 2.30. The van der Waals surface area contributed by atoms with E-state index in [1.807, 2.05) is 35.7 Å². The van der Waals surface area contributed by atoms with Gasteiger partial charge in [-0.05, 0) is 67.1 Å². The summed E-state index contributed by atoms with van der Waals surface area (Å²) in [5.74, 6) is -0.429. The standard InChI is InChI=1S/C27H33F2N5O2.CHIS/c1-17-14-33(15-18(2)36-17)16-20-8-24(19(3)31-23-11-21(28)10-22(29)12-23)27-25(9-20)30-13-26(32-27)34-4-6-35-7-5-34;2-1-3/h8-13,17-19,31H,4-7,14-16H2,1-3H3;1H. The van der Waals surface area contributed by atoms with Crippen LogP contribution in [0.4, 0.5) is 20.3 Å². The molecular formula is C28H34F2IN5O2S. The number of anilines is 2. The Morgan fingerprint density at radius 3 is 2.38 bits per heavy atom. The molecule has 3 heterocycles. The Kier molecular flexibility index (Phi) is 10.8. The highest BCUT2D eigenvalue weighted by Gasteiger charge is 2.24. The summed E-state index contributed by atoms with van der Waals surface area (Å²) in [7, 11) is 0. The summed E-state index contributed by atoms with van der Waals surface area (Å²) in [6.07, 6.45) is 2.17. The van der Waals surface area contributed by atoms with Gasteiger partial charge in [-0.25, -0.2) is 13.8 Å². The van der Waals surface area contributed by atoms with E-state index in [2.05, 4.69) is 53.3 Å². The van der Waals surface area contributed by atoms with E-state index in [4.69, 9.17) is 19.4 Å². The van der Waals surface area contributed by atoms with Crippen LogP contribution in [0.5, 0.6) is 0 Å². The van der Waals surface area contributed by atoms with Gasteiger partial charge in [0, 0.05) is 53.4 Å². The van der Waals surface area contributed by atoms with Crippen molar-refractivity contribution in [1.29, 1.82) is 0 Å². The first-order chi connectivity index (χ1) is 18.7. The second kappa shape index (κ2) is 14.0. The number of nitrogens with one attached hydrogen (secondary N) is 1. The molecule has 3 atom stereocenters. The van der Waals surface area contributed by atoms with Gasteiger partial charge >= 0.3 is 0 Å². The van der Waals surface area contributed by atoms with Crippen LogP contribution in [0.2, 0.25) is 0 Å². The number of aromatic nitrogens is 2. The van der Waals surface area contributed by atoms with Crippen LogP contribution in [0.3, 0.4) is 0 Å². The fourth-order valence-corrected chi connectivity index (χ4v) is 5.20. The van der Waals surface area contributed by atoms with Crippen molar-refractivity contribution in [3.63, 3.8) is 0 Å². The van der Waals surface area contributed by atoms with Gasteiger partial charge in [0.2, 0.25) is 0 Å². The lowest BCUT2D eigenvalue weighted by atomic mass is 10.0. The van der Waals surface area contributed by atoms with Crippen LogP contribution in [0, 0.1) is 11.6 Å². The lowest BCUT2D eigenvalue weighted by Gasteiger charge is -2.35. The molecule has 0 amide bonds. The molecule has 2 saturated heterocycles. The fourth-order valence-electron chi connectivity index (χ4n) is 5.20. The highest BCUT2D eigenvalue weighted by atomic mass is 127. The molecule has 5 rings (SSSR count). The molecule has 0 aliphatic carbocycles. The molecule has 0 bridgehead atoms. The van der Waals surface area contributed by atoms with E-state index in [9.17, 15) is 8.78 Å². The number of ether oxygens (including phenoxy) is 2. The van der Waals surface area contributed by atoms with Crippen molar-refractivity contribution < 1.29 is 18.3 Å². The minimum Gasteiger partial charge on any atom is -0.378 e. The van der Waals surface area contributed by atoms with Crippen molar-refractivity contribution in [3.8, 4) is 0 Å². The largest absolute Gasteiger partial charge is 0.378 e. The van der Waals surface area contributed by atoms with Gasteiger partial charge in [-0.2, -0.15) is 0 Å². The normalized spacial score (nSPS) is 20.7. The topological polar surface area (TPSA) is 62.8 Å². The maximum atomic E-state index is 13.8. The first-order valence-electron chi connectivity index (χ1n) is 13.0. The Morgan fingerprint density at radius 1 is 1.10 bits per heavy atom. The summed E-state index contributed by atoms with van der Waals surface area (Å²) in [5.41, 5.74) is 4.01. The molecule has 2 fully saturated rings. The number of hydrogen-bond donors (Lipinski definition) is 1. The van der Waals surface area contributed by atoms with Crippen molar-refractivity contribution in [2.24, 2.45) is 0 Å². The number of rotatable bonds is 6. The number of nitrogens with zero attached hydrogens (tertiary/aromatic N) is 4. The molecule has 1 N–H and O–H groups in total. The van der Waals surface area contributed by atoms with Crippen LogP contribution in [0.1, 0.15) is 37.9 Å². The predicted molar refractivity (Wildman–Crippen MR) is 164 cm³/mol. The number of benzene rings is 2. The maximum Gasteiger partial charge on any atom is 0.148 e. The van der Waals surface area contributed by atoms with Crippen molar-refractivity contribution in [3.05, 3.63) is 59.3 Å². The van der Waals surface area contributed by atoms with Crippen LogP contribution in [-0.2, 0) is 16.0 Å². The minimum absolute atomic E-state index is 0.174. The van der Waals surface area contributed by atoms with Crippen molar-refractivity contribution in [2.75, 3.05) is 49.6 Å². The van der Waals surface area contributed by atoms with Crippen LogP contribution >= 0.6 is 34.8 Å². The third-order valence-electron chi connectivity index (χ3n) is 6.67. The number of halogens is 3. The average molecular weight is 670 g/mol. The molecule has 3 aromatic rings. The summed E-state index contributed by atoms with van der Waals surface area (Å²) in [5, 5.41) is 3.26. The van der Waals surface area contributed by atoms with Crippen LogP contribution in [0.15, 0.2) is 36.5 Å². The molecule has 39 heavy (non-hydrogen) atoms. The molecule has 1 aromatic heterocycles. The van der Waals surface area contributed by atoms with Gasteiger partial charge < -0.3 is 19.7 Å². The third kappa shape index (κ3) is 8.23. The molecule has 2 aliphatic rings. The van der Waals surface area contributed by atoms with Crippen LogP contribution in [-0.4, -0.2) is 69.8 Å². The average Bonchev–Trinajstić information content (AvgIpc) is 2.88. The molecule has 11 heteroatoms. The zero-order valence-electron chi connectivity index (χ0n) is 22.4. The van der Waals surface area contributed by atoms with E-state index < -0.39 is 11.6 Å².